The van der Waals surface area contributed by atoms with Gasteiger partial charge in [0.15, 0.2) is 0 Å². The molecule has 0 radical (unpaired) electrons. The summed E-state index contributed by atoms with van der Waals surface area (Å²) in [5, 5.41) is 0. The zero-order valence-electron chi connectivity index (χ0n) is 51.1. The van der Waals surface area contributed by atoms with Crippen LogP contribution in [0.1, 0.15) is 72.3 Å². The van der Waals surface area contributed by atoms with Gasteiger partial charge < -0.3 is 19.6 Å². The lowest BCUT2D eigenvalue weighted by Gasteiger charge is -2.39. The Balaban J connectivity index is 1.24. The lowest BCUT2D eigenvalue weighted by molar-refractivity contribution is 0.766. The second-order valence-corrected chi connectivity index (χ2v) is 24.9. The molecule has 0 spiro atoms. The van der Waals surface area contributed by atoms with Crippen molar-refractivity contribution in [3.05, 3.63) is 344 Å². The zero-order chi connectivity index (χ0) is 60.1. The fraction of sp³-hybridized carbons (Fsp3) is 0.122. The molecule has 12 aromatic rings. The molecule has 0 atom stereocenters. The molecular weight excluding hydrogens is 1120 g/mol. The first-order valence-electron chi connectivity index (χ1n) is 30.1. The van der Waals surface area contributed by atoms with E-state index in [2.05, 4.69) is 365 Å². The van der Waals surface area contributed by atoms with Crippen molar-refractivity contribution in [3.63, 3.8) is 0 Å². The molecule has 0 N–H and O–H groups in total. The third kappa shape index (κ3) is 10.9. The number of aryl methyl sites for hydroxylation is 9. The second kappa shape index (κ2) is 23.3. The lowest BCUT2D eigenvalue weighted by Crippen LogP contribution is -2.30. The summed E-state index contributed by atoms with van der Waals surface area (Å²) in [4.78, 5) is 9.87. The largest absolute Gasteiger partial charge is 0.310 e. The fourth-order valence-corrected chi connectivity index (χ4v) is 13.6. The molecule has 0 unspecified atom stereocenters. The molecule has 0 aromatic heterocycles. The Morgan fingerprint density at radius 3 is 0.701 bits per heavy atom. The zero-order valence-corrected chi connectivity index (χ0v) is 52.7. The van der Waals surface area contributed by atoms with E-state index in [1.54, 1.807) is 0 Å². The monoisotopic (exact) mass is 1190 g/mol. The van der Waals surface area contributed by atoms with Crippen molar-refractivity contribution < 1.29 is 0 Å². The first kappa shape index (κ1) is 56.5. The molecule has 1 aliphatic carbocycles. The first-order valence-corrected chi connectivity index (χ1v) is 30.9. The highest BCUT2D eigenvalue weighted by atomic mass is 79.9. The van der Waals surface area contributed by atoms with Gasteiger partial charge in [-0.05, 0) is 286 Å². The number of benzene rings is 12. The van der Waals surface area contributed by atoms with Crippen molar-refractivity contribution in [1.29, 1.82) is 0 Å². The Labute approximate surface area is 523 Å². The average molecular weight is 1190 g/mol. The van der Waals surface area contributed by atoms with Gasteiger partial charge in [-0.2, -0.15) is 0 Å². The number of hydrogen-bond acceptors (Lipinski definition) is 4. The van der Waals surface area contributed by atoms with Crippen molar-refractivity contribution in [2.24, 2.45) is 0 Å². The standard InChI is InChI=1S/C82H71BrN4/c1-54-18-10-26-66(38-54)84(67-27-11-19-55(2)39-67)74-47-63(48-75(52-74)85(68-28-12-20-56(3)40-68)69-29-13-21-57(4)41-69)82(80-46-62(9)34-36-78(80)79-37-35-65(83)51-81(79)82)64-49-76(86(70-30-14-22-58(5)42-70)71-31-15-23-59(6)43-71)53-77(50-64)87(72-32-16-24-60(7)44-72)73-33-17-25-61(8)45-73/h10-53H,1-9H3. The van der Waals surface area contributed by atoms with Crippen LogP contribution in [0.4, 0.5) is 68.2 Å². The van der Waals surface area contributed by atoms with Crippen molar-refractivity contribution in [1.82, 2.24) is 0 Å². The predicted octanol–water partition coefficient (Wildman–Crippen LogP) is 23.5. The van der Waals surface area contributed by atoms with Crippen LogP contribution >= 0.6 is 15.9 Å². The van der Waals surface area contributed by atoms with Gasteiger partial charge in [-0.1, -0.05) is 143 Å². The number of halogens is 1. The van der Waals surface area contributed by atoms with Crippen LogP contribution in [-0.2, 0) is 5.41 Å². The molecule has 0 saturated heterocycles. The molecule has 13 rings (SSSR count). The number of rotatable bonds is 14. The van der Waals surface area contributed by atoms with Crippen LogP contribution in [0.3, 0.4) is 0 Å². The minimum atomic E-state index is -0.971. The van der Waals surface area contributed by atoms with E-state index in [0.29, 0.717) is 0 Å². The van der Waals surface area contributed by atoms with E-state index in [4.69, 9.17) is 0 Å². The summed E-state index contributed by atoms with van der Waals surface area (Å²) in [5.74, 6) is 0. The molecule has 1 aliphatic rings. The topological polar surface area (TPSA) is 13.0 Å². The average Bonchev–Trinajstić information content (AvgIpc) is 1.59. The summed E-state index contributed by atoms with van der Waals surface area (Å²) in [6.07, 6.45) is 0. The molecule has 5 heteroatoms. The second-order valence-electron chi connectivity index (χ2n) is 24.0. The Bertz CT molecular complexity index is 3890. The Kier molecular flexibility index (Phi) is 15.1. The van der Waals surface area contributed by atoms with Crippen molar-refractivity contribution in [3.8, 4) is 11.1 Å². The molecule has 426 valence electrons. The maximum absolute atomic E-state index is 4.14. The molecule has 0 aliphatic heterocycles. The summed E-state index contributed by atoms with van der Waals surface area (Å²) < 4.78 is 1.01. The smallest absolute Gasteiger partial charge is 0.0717 e. The van der Waals surface area contributed by atoms with Crippen LogP contribution in [0, 0.1) is 62.3 Å². The molecule has 12 aromatic carbocycles. The van der Waals surface area contributed by atoms with Crippen molar-refractivity contribution >= 4 is 84.2 Å². The summed E-state index contributed by atoms with van der Waals surface area (Å²) >= 11 is 4.14. The van der Waals surface area contributed by atoms with Gasteiger partial charge in [0.1, 0.15) is 0 Å². The predicted molar refractivity (Wildman–Crippen MR) is 373 cm³/mol. The van der Waals surface area contributed by atoms with Gasteiger partial charge in [-0.15, -0.1) is 0 Å². The molecule has 4 nitrogen and oxygen atoms in total. The Hall–Kier alpha value is -9.68. The van der Waals surface area contributed by atoms with Crippen LogP contribution < -0.4 is 19.6 Å². The summed E-state index contributed by atoms with van der Waals surface area (Å²) in [7, 11) is 0. The fourth-order valence-electron chi connectivity index (χ4n) is 13.3. The van der Waals surface area contributed by atoms with Gasteiger partial charge in [0.05, 0.1) is 5.41 Å². The number of nitrogens with zero attached hydrogens (tertiary/aromatic N) is 4. The molecule has 0 saturated carbocycles. The first-order chi connectivity index (χ1) is 42.2. The number of fused-ring (bicyclic) bond motifs is 3. The Morgan fingerprint density at radius 1 is 0.218 bits per heavy atom. The summed E-state index contributed by atoms with van der Waals surface area (Å²) in [6, 6.07) is 100. The highest BCUT2D eigenvalue weighted by Crippen LogP contribution is 2.60. The van der Waals surface area contributed by atoms with E-state index in [-0.39, 0.29) is 0 Å². The van der Waals surface area contributed by atoms with Crippen molar-refractivity contribution in [2.75, 3.05) is 19.6 Å². The Morgan fingerprint density at radius 2 is 0.448 bits per heavy atom. The third-order valence-corrected chi connectivity index (χ3v) is 17.5. The van der Waals surface area contributed by atoms with E-state index in [9.17, 15) is 0 Å². The maximum atomic E-state index is 4.14. The highest BCUT2D eigenvalue weighted by molar-refractivity contribution is 9.10. The van der Waals surface area contributed by atoms with Crippen LogP contribution in [-0.4, -0.2) is 0 Å². The van der Waals surface area contributed by atoms with Crippen LogP contribution in [0.15, 0.2) is 271 Å². The van der Waals surface area contributed by atoms with E-state index in [1.807, 2.05) is 0 Å². The van der Waals surface area contributed by atoms with Gasteiger partial charge in [-0.25, -0.2) is 0 Å². The summed E-state index contributed by atoms with van der Waals surface area (Å²) in [5.41, 5.74) is 29.4. The molecule has 0 amide bonds. The third-order valence-electron chi connectivity index (χ3n) is 17.0. The molecule has 0 heterocycles. The normalized spacial score (nSPS) is 12.1. The van der Waals surface area contributed by atoms with Gasteiger partial charge in [0.25, 0.3) is 0 Å². The van der Waals surface area contributed by atoms with E-state index in [1.165, 1.54) is 72.3 Å². The van der Waals surface area contributed by atoms with Crippen molar-refractivity contribution in [2.45, 2.75) is 67.7 Å². The highest BCUT2D eigenvalue weighted by Gasteiger charge is 2.48. The SMILES string of the molecule is Cc1cccc(N(c2cccc(C)c2)c2cc(N(c3cccc(C)c3)c3cccc(C)c3)cc(C3(c4cc(N(c5cccc(C)c5)c5cccc(C)c5)cc(N(c5cccc(C)c5)c5cccc(C)c5)c4)c4cc(C)ccc4-c4ccc(Br)cc43)c2)c1. The maximum Gasteiger partial charge on any atom is 0.0717 e. The molecule has 87 heavy (non-hydrogen) atoms. The molecule has 0 bridgehead atoms. The minimum absolute atomic E-state index is 0.971. The van der Waals surface area contributed by atoms with Gasteiger partial charge in [0, 0.05) is 72.7 Å². The van der Waals surface area contributed by atoms with Crippen LogP contribution in [0.2, 0.25) is 0 Å². The van der Waals surface area contributed by atoms with E-state index in [0.717, 1.165) is 83.8 Å². The van der Waals surface area contributed by atoms with Crippen LogP contribution in [0.25, 0.3) is 11.1 Å². The quantitative estimate of drug-likeness (QED) is 0.108. The summed E-state index contributed by atoms with van der Waals surface area (Å²) in [6.45, 7) is 19.8. The number of hydrogen-bond donors (Lipinski definition) is 0. The van der Waals surface area contributed by atoms with Gasteiger partial charge in [-0.3, -0.25) is 0 Å². The van der Waals surface area contributed by atoms with Crippen LogP contribution in [0.5, 0.6) is 0 Å². The van der Waals surface area contributed by atoms with Gasteiger partial charge in [0.2, 0.25) is 0 Å². The molecule has 0 fully saturated rings. The lowest BCUT2D eigenvalue weighted by atomic mass is 9.67. The molecular formula is C82H71BrN4. The number of anilines is 12. The van der Waals surface area contributed by atoms with Gasteiger partial charge >= 0.3 is 0 Å². The van der Waals surface area contributed by atoms with E-state index < -0.39 is 5.41 Å². The van der Waals surface area contributed by atoms with E-state index >= 15 is 0 Å². The minimum Gasteiger partial charge on any atom is -0.310 e.